The summed E-state index contributed by atoms with van der Waals surface area (Å²) in [5.41, 5.74) is 3.20. The van der Waals surface area contributed by atoms with Crippen molar-refractivity contribution in [1.29, 1.82) is 0 Å². The molecule has 1 aromatic heterocycles. The van der Waals surface area contributed by atoms with Crippen LogP contribution >= 0.6 is 0 Å². The summed E-state index contributed by atoms with van der Waals surface area (Å²) in [7, 11) is 2.04. The number of pyridine rings is 1. The zero-order valence-corrected chi connectivity index (χ0v) is 16.9. The van der Waals surface area contributed by atoms with Crippen molar-refractivity contribution >= 4 is 17.4 Å². The van der Waals surface area contributed by atoms with E-state index in [4.69, 9.17) is 4.98 Å². The van der Waals surface area contributed by atoms with Crippen LogP contribution in [0.2, 0.25) is 0 Å². The third-order valence-electron chi connectivity index (χ3n) is 5.38. The van der Waals surface area contributed by atoms with Gasteiger partial charge in [0.15, 0.2) is 0 Å². The predicted molar refractivity (Wildman–Crippen MR) is 117 cm³/mol. The van der Waals surface area contributed by atoms with Crippen molar-refractivity contribution in [3.8, 4) is 0 Å². The number of rotatable bonds is 5. The lowest BCUT2D eigenvalue weighted by molar-refractivity contribution is -0.122. The second-order valence-electron chi connectivity index (χ2n) is 7.87. The maximum absolute atomic E-state index is 13.3. The molecule has 2 aromatic carbocycles. The van der Waals surface area contributed by atoms with Gasteiger partial charge < -0.3 is 15.5 Å². The molecule has 1 unspecified atom stereocenters. The first kappa shape index (κ1) is 19.2. The molecule has 1 atom stereocenters. The molecular formula is C24H26N4O. The maximum Gasteiger partial charge on any atom is 0.237 e. The highest BCUT2D eigenvalue weighted by Crippen LogP contribution is 2.34. The molecule has 0 aliphatic carbocycles. The van der Waals surface area contributed by atoms with Crippen LogP contribution in [-0.2, 0) is 23.3 Å². The first-order valence-electron chi connectivity index (χ1n) is 9.88. The number of nitrogens with one attached hydrogen (secondary N) is 2. The molecule has 0 bridgehead atoms. The molecule has 0 saturated carbocycles. The Bertz CT molecular complexity index is 990. The van der Waals surface area contributed by atoms with Gasteiger partial charge in [0.25, 0.3) is 0 Å². The highest BCUT2D eigenvalue weighted by molar-refractivity contribution is 5.99. The van der Waals surface area contributed by atoms with E-state index in [1.165, 1.54) is 5.56 Å². The maximum atomic E-state index is 13.3. The van der Waals surface area contributed by atoms with Gasteiger partial charge in [-0.05, 0) is 43.3 Å². The Hall–Kier alpha value is -3.18. The second-order valence-corrected chi connectivity index (χ2v) is 7.87. The number of carbonyl (C=O) groups is 1. The molecule has 0 saturated heterocycles. The normalized spacial score (nSPS) is 18.7. The Labute approximate surface area is 171 Å². The van der Waals surface area contributed by atoms with Gasteiger partial charge in [0.1, 0.15) is 11.2 Å². The molecule has 0 fully saturated rings. The summed E-state index contributed by atoms with van der Waals surface area (Å²) in [6, 6.07) is 23.9. The summed E-state index contributed by atoms with van der Waals surface area (Å²) in [5, 5.41) is 6.46. The van der Waals surface area contributed by atoms with E-state index in [0.717, 1.165) is 29.3 Å². The number of aromatic nitrogens is 1. The molecule has 2 heterocycles. The fourth-order valence-electron chi connectivity index (χ4n) is 3.91. The molecule has 1 amide bonds. The van der Waals surface area contributed by atoms with Crippen LogP contribution in [0.5, 0.6) is 0 Å². The summed E-state index contributed by atoms with van der Waals surface area (Å²) in [6.07, 6.45) is 0. The summed E-state index contributed by atoms with van der Waals surface area (Å²) < 4.78 is 0. The molecular weight excluding hydrogens is 360 g/mol. The van der Waals surface area contributed by atoms with Gasteiger partial charge in [0.05, 0.1) is 5.69 Å². The zero-order chi connectivity index (χ0) is 20.3. The van der Waals surface area contributed by atoms with Gasteiger partial charge in [0.2, 0.25) is 5.91 Å². The Balaban J connectivity index is 1.60. The molecule has 1 aliphatic rings. The van der Waals surface area contributed by atoms with Gasteiger partial charge in [-0.25, -0.2) is 4.98 Å². The molecule has 5 heteroatoms. The fraction of sp³-hybridized carbons (Fsp3) is 0.250. The smallest absolute Gasteiger partial charge is 0.237 e. The molecule has 0 spiro atoms. The third kappa shape index (κ3) is 4.15. The summed E-state index contributed by atoms with van der Waals surface area (Å²) in [6.45, 7) is 4.08. The lowest BCUT2D eigenvalue weighted by Gasteiger charge is -2.38. The number of nitrogens with zero attached hydrogens (tertiary/aromatic N) is 2. The van der Waals surface area contributed by atoms with E-state index in [2.05, 4.69) is 33.7 Å². The first-order chi connectivity index (χ1) is 14.0. The van der Waals surface area contributed by atoms with Gasteiger partial charge in [0, 0.05) is 25.3 Å². The van der Waals surface area contributed by atoms with Crippen LogP contribution in [0.1, 0.15) is 23.7 Å². The minimum absolute atomic E-state index is 0.0378. The monoisotopic (exact) mass is 386 g/mol. The third-order valence-corrected chi connectivity index (χ3v) is 5.38. The number of amides is 1. The topological polar surface area (TPSA) is 57.3 Å². The number of benzene rings is 2. The first-order valence-corrected chi connectivity index (χ1v) is 9.88. The van der Waals surface area contributed by atoms with Crippen LogP contribution in [0.4, 0.5) is 11.5 Å². The van der Waals surface area contributed by atoms with E-state index in [9.17, 15) is 4.79 Å². The number of hydrogen-bond acceptors (Lipinski definition) is 4. The highest BCUT2D eigenvalue weighted by Gasteiger charge is 2.42. The van der Waals surface area contributed by atoms with Crippen molar-refractivity contribution in [3.63, 3.8) is 0 Å². The van der Waals surface area contributed by atoms with E-state index in [-0.39, 0.29) is 5.91 Å². The summed E-state index contributed by atoms with van der Waals surface area (Å²) in [4.78, 5) is 20.3. The number of anilines is 2. The van der Waals surface area contributed by atoms with Crippen LogP contribution in [-0.4, -0.2) is 29.4 Å². The van der Waals surface area contributed by atoms with Gasteiger partial charge in [-0.3, -0.25) is 4.79 Å². The van der Waals surface area contributed by atoms with Crippen LogP contribution in [0.3, 0.4) is 0 Å². The molecule has 0 radical (unpaired) electrons. The molecule has 4 rings (SSSR count). The van der Waals surface area contributed by atoms with Gasteiger partial charge >= 0.3 is 0 Å². The van der Waals surface area contributed by atoms with Crippen molar-refractivity contribution in [2.75, 3.05) is 24.2 Å². The average molecular weight is 386 g/mol. The molecule has 148 valence electrons. The quantitative estimate of drug-likeness (QED) is 0.695. The molecule has 1 aliphatic heterocycles. The SMILES string of the molecule is CN1Cc2ccc(NCc3ccccc3)nc2C(C)(C(=O)Nc2ccccc2)C1. The Morgan fingerprint density at radius 1 is 1.03 bits per heavy atom. The van der Waals surface area contributed by atoms with Crippen LogP contribution in [0.25, 0.3) is 0 Å². The van der Waals surface area contributed by atoms with Crippen molar-refractivity contribution < 1.29 is 4.79 Å². The molecule has 5 nitrogen and oxygen atoms in total. The van der Waals surface area contributed by atoms with Crippen molar-refractivity contribution in [1.82, 2.24) is 9.88 Å². The number of hydrogen-bond donors (Lipinski definition) is 2. The highest BCUT2D eigenvalue weighted by atomic mass is 16.2. The lowest BCUT2D eigenvalue weighted by atomic mass is 9.79. The fourth-order valence-corrected chi connectivity index (χ4v) is 3.91. The molecule has 3 aromatic rings. The summed E-state index contributed by atoms with van der Waals surface area (Å²) in [5.74, 6) is 0.750. The zero-order valence-electron chi connectivity index (χ0n) is 16.9. The molecule has 2 N–H and O–H groups in total. The van der Waals surface area contributed by atoms with Crippen LogP contribution in [0.15, 0.2) is 72.8 Å². The Kier molecular flexibility index (Phi) is 5.32. The second kappa shape index (κ2) is 8.05. The van der Waals surface area contributed by atoms with Crippen molar-refractivity contribution in [2.24, 2.45) is 0 Å². The van der Waals surface area contributed by atoms with Crippen molar-refractivity contribution in [2.45, 2.75) is 25.4 Å². The lowest BCUT2D eigenvalue weighted by Crippen LogP contribution is -2.50. The number of para-hydroxylation sites is 1. The Morgan fingerprint density at radius 3 is 2.45 bits per heavy atom. The Morgan fingerprint density at radius 2 is 1.72 bits per heavy atom. The van der Waals surface area contributed by atoms with E-state index in [0.29, 0.717) is 13.1 Å². The van der Waals surface area contributed by atoms with E-state index < -0.39 is 5.41 Å². The predicted octanol–water partition coefficient (Wildman–Crippen LogP) is 4.04. The number of likely N-dealkylation sites (N-methyl/N-ethyl adjacent to an activating group) is 1. The van der Waals surface area contributed by atoms with Gasteiger partial charge in [-0.2, -0.15) is 0 Å². The largest absolute Gasteiger partial charge is 0.366 e. The average Bonchev–Trinajstić information content (AvgIpc) is 2.74. The van der Waals surface area contributed by atoms with Crippen LogP contribution < -0.4 is 10.6 Å². The number of carbonyl (C=O) groups excluding carboxylic acids is 1. The number of fused-ring (bicyclic) bond motifs is 1. The summed E-state index contributed by atoms with van der Waals surface area (Å²) >= 11 is 0. The van der Waals surface area contributed by atoms with Crippen LogP contribution in [0, 0.1) is 0 Å². The van der Waals surface area contributed by atoms with E-state index in [1.54, 1.807) is 0 Å². The minimum atomic E-state index is -0.734. The van der Waals surface area contributed by atoms with Crippen molar-refractivity contribution in [3.05, 3.63) is 89.6 Å². The van der Waals surface area contributed by atoms with E-state index in [1.807, 2.05) is 68.6 Å². The van der Waals surface area contributed by atoms with E-state index >= 15 is 0 Å². The standard InChI is InChI=1S/C24H26N4O/c1-24(23(29)26-20-11-7-4-8-12-20)17-28(2)16-19-13-14-21(27-22(19)24)25-15-18-9-5-3-6-10-18/h3-14H,15-17H2,1-2H3,(H,25,27)(H,26,29). The van der Waals surface area contributed by atoms with Gasteiger partial charge in [-0.1, -0.05) is 54.6 Å². The van der Waals surface area contributed by atoms with Gasteiger partial charge in [-0.15, -0.1) is 0 Å². The molecule has 29 heavy (non-hydrogen) atoms. The minimum Gasteiger partial charge on any atom is -0.366 e.